The summed E-state index contributed by atoms with van der Waals surface area (Å²) in [6, 6.07) is 9.12. The smallest absolute Gasteiger partial charge is 0.243 e. The van der Waals surface area contributed by atoms with Gasteiger partial charge in [0.25, 0.3) is 0 Å². The molecule has 0 heterocycles. The quantitative estimate of drug-likeness (QED) is 0.624. The maximum Gasteiger partial charge on any atom is 0.243 e. The number of benzene rings is 1. The molecule has 3 atom stereocenters. The highest BCUT2D eigenvalue weighted by molar-refractivity contribution is 5.89. The zero-order valence-electron chi connectivity index (χ0n) is 15.5. The second-order valence-electron chi connectivity index (χ2n) is 7.10. The molecule has 2 rings (SSSR count). The van der Waals surface area contributed by atoms with Gasteiger partial charge in [0.05, 0.1) is 12.0 Å². The predicted octanol–water partition coefficient (Wildman–Crippen LogP) is 2.35. The maximum absolute atomic E-state index is 12.8. The largest absolute Gasteiger partial charge is 0.392 e. The van der Waals surface area contributed by atoms with Gasteiger partial charge in [0.15, 0.2) is 0 Å². The van der Waals surface area contributed by atoms with Crippen LogP contribution >= 0.6 is 0 Å². The van der Waals surface area contributed by atoms with E-state index in [1.54, 1.807) is 6.92 Å². The third-order valence-corrected chi connectivity index (χ3v) is 4.94. The summed E-state index contributed by atoms with van der Waals surface area (Å²) in [5.74, 6) is -1.28. The summed E-state index contributed by atoms with van der Waals surface area (Å²) in [6.07, 6.45) is 6.41. The maximum atomic E-state index is 12.8. The Kier molecular flexibility index (Phi) is 7.85. The van der Waals surface area contributed by atoms with Crippen LogP contribution < -0.4 is 10.6 Å². The molecule has 5 heteroatoms. The van der Waals surface area contributed by atoms with Crippen LogP contribution in [-0.2, 0) is 16.0 Å². The van der Waals surface area contributed by atoms with Gasteiger partial charge in [-0.25, -0.2) is 0 Å². The van der Waals surface area contributed by atoms with Crippen molar-refractivity contribution < 1.29 is 14.7 Å². The molecule has 0 bridgehead atoms. The summed E-state index contributed by atoms with van der Waals surface area (Å²) in [6.45, 7) is 5.15. The highest BCUT2D eigenvalue weighted by Crippen LogP contribution is 2.18. The molecule has 142 valence electrons. The molecule has 0 aromatic heterocycles. The Morgan fingerprint density at radius 3 is 2.42 bits per heavy atom. The van der Waals surface area contributed by atoms with E-state index >= 15 is 0 Å². The predicted molar refractivity (Wildman–Crippen MR) is 102 cm³/mol. The summed E-state index contributed by atoms with van der Waals surface area (Å²) in [5, 5.41) is 15.6. The Morgan fingerprint density at radius 2 is 1.85 bits per heavy atom. The molecule has 5 nitrogen and oxygen atoms in total. The van der Waals surface area contributed by atoms with E-state index in [1.807, 2.05) is 30.3 Å². The van der Waals surface area contributed by atoms with Crippen molar-refractivity contribution in [2.45, 2.75) is 63.6 Å². The number of carbonyl (C=O) groups is 2. The number of hydrogen-bond donors (Lipinski definition) is 3. The lowest BCUT2D eigenvalue weighted by atomic mass is 9.94. The number of nitrogens with one attached hydrogen (secondary N) is 2. The molecule has 1 aliphatic rings. The monoisotopic (exact) mass is 358 g/mol. The van der Waals surface area contributed by atoms with E-state index in [2.05, 4.69) is 17.2 Å². The van der Waals surface area contributed by atoms with Gasteiger partial charge >= 0.3 is 0 Å². The lowest BCUT2D eigenvalue weighted by Gasteiger charge is -2.27. The number of carbonyl (C=O) groups excluding carboxylic acids is 2. The van der Waals surface area contributed by atoms with Crippen LogP contribution in [-0.4, -0.2) is 35.1 Å². The molecule has 0 aliphatic heterocycles. The molecular formula is C21H30N2O3. The Labute approximate surface area is 155 Å². The minimum atomic E-state index is -0.855. The molecule has 2 amide bonds. The summed E-state index contributed by atoms with van der Waals surface area (Å²) < 4.78 is 0. The zero-order chi connectivity index (χ0) is 18.9. The van der Waals surface area contributed by atoms with Crippen LogP contribution in [0.3, 0.4) is 0 Å². The molecule has 0 radical (unpaired) electrons. The number of hydrogen-bond acceptors (Lipinski definition) is 3. The second kappa shape index (κ2) is 10.1. The van der Waals surface area contributed by atoms with Crippen molar-refractivity contribution in [2.24, 2.45) is 5.92 Å². The van der Waals surface area contributed by atoms with Crippen molar-refractivity contribution >= 4 is 11.8 Å². The van der Waals surface area contributed by atoms with Crippen LogP contribution in [0.15, 0.2) is 43.0 Å². The number of amides is 2. The fourth-order valence-electron chi connectivity index (χ4n) is 3.40. The summed E-state index contributed by atoms with van der Waals surface area (Å²) in [4.78, 5) is 25.3. The van der Waals surface area contributed by atoms with Crippen LogP contribution in [0.4, 0.5) is 0 Å². The molecule has 1 fully saturated rings. The molecule has 1 saturated carbocycles. The third-order valence-electron chi connectivity index (χ3n) is 4.94. The number of rotatable bonds is 8. The highest BCUT2D eigenvalue weighted by atomic mass is 16.3. The van der Waals surface area contributed by atoms with Crippen LogP contribution in [0.1, 0.15) is 44.6 Å². The Balaban J connectivity index is 2.08. The van der Waals surface area contributed by atoms with Crippen LogP contribution in [0.5, 0.6) is 0 Å². The fourth-order valence-corrected chi connectivity index (χ4v) is 3.40. The minimum absolute atomic E-state index is 0.164. The van der Waals surface area contributed by atoms with E-state index < -0.39 is 18.1 Å². The third kappa shape index (κ3) is 5.99. The molecule has 2 unspecified atom stereocenters. The molecule has 26 heavy (non-hydrogen) atoms. The van der Waals surface area contributed by atoms with Crippen molar-refractivity contribution in [3.63, 3.8) is 0 Å². The first-order valence-corrected chi connectivity index (χ1v) is 9.46. The van der Waals surface area contributed by atoms with Gasteiger partial charge in [0.1, 0.15) is 6.04 Å². The lowest BCUT2D eigenvalue weighted by molar-refractivity contribution is -0.132. The minimum Gasteiger partial charge on any atom is -0.392 e. The van der Waals surface area contributed by atoms with Crippen LogP contribution in [0.25, 0.3) is 0 Å². The highest BCUT2D eigenvalue weighted by Gasteiger charge is 2.28. The van der Waals surface area contributed by atoms with Crippen molar-refractivity contribution in [3.8, 4) is 0 Å². The van der Waals surface area contributed by atoms with Crippen molar-refractivity contribution in [3.05, 3.63) is 48.6 Å². The van der Waals surface area contributed by atoms with Gasteiger partial charge in [0.2, 0.25) is 11.8 Å². The number of aliphatic hydroxyl groups excluding tert-OH is 1. The second-order valence-corrected chi connectivity index (χ2v) is 7.10. The molecule has 0 spiro atoms. The average Bonchev–Trinajstić information content (AvgIpc) is 2.63. The van der Waals surface area contributed by atoms with E-state index in [0.29, 0.717) is 6.42 Å². The van der Waals surface area contributed by atoms with E-state index in [-0.39, 0.29) is 17.9 Å². The Bertz CT molecular complexity index is 595. The van der Waals surface area contributed by atoms with Gasteiger partial charge < -0.3 is 15.7 Å². The van der Waals surface area contributed by atoms with Crippen molar-refractivity contribution in [1.82, 2.24) is 10.6 Å². The van der Waals surface area contributed by atoms with Crippen molar-refractivity contribution in [1.29, 1.82) is 0 Å². The topological polar surface area (TPSA) is 78.4 Å². The van der Waals surface area contributed by atoms with E-state index in [9.17, 15) is 14.7 Å². The lowest BCUT2D eigenvalue weighted by Crippen LogP contribution is -2.52. The molecule has 1 aromatic carbocycles. The fraction of sp³-hybridized carbons (Fsp3) is 0.524. The Morgan fingerprint density at radius 1 is 1.19 bits per heavy atom. The van der Waals surface area contributed by atoms with E-state index in [1.165, 1.54) is 12.5 Å². The van der Waals surface area contributed by atoms with Crippen LogP contribution in [0, 0.1) is 5.92 Å². The van der Waals surface area contributed by atoms with E-state index in [0.717, 1.165) is 31.2 Å². The summed E-state index contributed by atoms with van der Waals surface area (Å²) >= 11 is 0. The van der Waals surface area contributed by atoms with Gasteiger partial charge in [-0.15, -0.1) is 6.58 Å². The molecule has 3 N–H and O–H groups in total. The summed E-state index contributed by atoms with van der Waals surface area (Å²) in [7, 11) is 0. The molecule has 1 aliphatic carbocycles. The Hall–Kier alpha value is -2.14. The molecular weight excluding hydrogens is 328 g/mol. The first-order valence-electron chi connectivity index (χ1n) is 9.46. The first-order chi connectivity index (χ1) is 12.5. The van der Waals surface area contributed by atoms with Gasteiger partial charge in [-0.2, -0.15) is 0 Å². The van der Waals surface area contributed by atoms with Crippen molar-refractivity contribution in [2.75, 3.05) is 0 Å². The first kappa shape index (κ1) is 20.2. The standard InChI is InChI=1S/C21H30N2O3/c1-3-18(15(2)24)20(25)23-19(14-16-10-6-4-7-11-16)21(26)22-17-12-8-5-9-13-17/h3-4,6-7,10-11,15,17-19,24H,1,5,8-9,12-14H2,2H3,(H,22,26)(H,23,25)/t15-,18?,19?/m1/s1. The normalized spacial score (nSPS) is 18.4. The average molecular weight is 358 g/mol. The van der Waals surface area contributed by atoms with Gasteiger partial charge in [-0.3, -0.25) is 9.59 Å². The van der Waals surface area contributed by atoms with Gasteiger partial charge in [0, 0.05) is 12.5 Å². The number of aliphatic hydroxyl groups is 1. The summed E-state index contributed by atoms with van der Waals surface area (Å²) in [5.41, 5.74) is 0.976. The molecule has 1 aromatic rings. The van der Waals surface area contributed by atoms with Gasteiger partial charge in [-0.05, 0) is 25.3 Å². The SMILES string of the molecule is C=CC(C(=O)NC(Cc1ccccc1)C(=O)NC1CCCCC1)[C@@H](C)O. The van der Waals surface area contributed by atoms with E-state index in [4.69, 9.17) is 0 Å². The van der Waals surface area contributed by atoms with Crippen LogP contribution in [0.2, 0.25) is 0 Å². The molecule has 0 saturated heterocycles. The van der Waals surface area contributed by atoms with Gasteiger partial charge in [-0.1, -0.05) is 55.7 Å². The zero-order valence-corrected chi connectivity index (χ0v) is 15.5.